The van der Waals surface area contributed by atoms with E-state index in [-0.39, 0.29) is 18.0 Å². The van der Waals surface area contributed by atoms with Gasteiger partial charge in [0.15, 0.2) is 0 Å². The molecule has 2 rings (SSSR count). The minimum Gasteiger partial charge on any atom is -0.424 e. The molecule has 0 spiro atoms. The minimum atomic E-state index is 0.259. The van der Waals surface area contributed by atoms with Crippen molar-refractivity contribution in [3.8, 4) is 0 Å². The molecule has 19 heavy (non-hydrogen) atoms. The third-order valence-corrected chi connectivity index (χ3v) is 3.22. The van der Waals surface area contributed by atoms with Crippen molar-refractivity contribution >= 4 is 0 Å². The van der Waals surface area contributed by atoms with E-state index in [4.69, 9.17) is 4.42 Å². The Kier molecular flexibility index (Phi) is 4.31. The van der Waals surface area contributed by atoms with E-state index in [0.717, 1.165) is 0 Å². The largest absolute Gasteiger partial charge is 0.424 e. The minimum absolute atomic E-state index is 0.259. The second-order valence-electron chi connectivity index (χ2n) is 5.08. The summed E-state index contributed by atoms with van der Waals surface area (Å²) in [5, 5.41) is 15.7. The molecule has 0 aliphatic carbocycles. The van der Waals surface area contributed by atoms with Crippen molar-refractivity contribution in [3.63, 3.8) is 0 Å². The molecule has 104 valence electrons. The van der Waals surface area contributed by atoms with Crippen LogP contribution in [0.5, 0.6) is 0 Å². The van der Waals surface area contributed by atoms with Gasteiger partial charge in [0.25, 0.3) is 0 Å². The average Bonchev–Trinajstić information content (AvgIpc) is 3.05. The van der Waals surface area contributed by atoms with Gasteiger partial charge in [0, 0.05) is 24.4 Å². The summed E-state index contributed by atoms with van der Waals surface area (Å²) in [6.45, 7) is 8.89. The molecule has 0 unspecified atom stereocenters. The highest BCUT2D eigenvalue weighted by Gasteiger charge is 2.15. The lowest BCUT2D eigenvalue weighted by Crippen LogP contribution is -2.33. The van der Waals surface area contributed by atoms with Crippen LogP contribution in [-0.4, -0.2) is 26.0 Å². The molecule has 2 heterocycles. The number of rotatable bonds is 6. The van der Waals surface area contributed by atoms with Crippen LogP contribution in [0.2, 0.25) is 0 Å². The van der Waals surface area contributed by atoms with Gasteiger partial charge in [-0.3, -0.25) is 4.68 Å². The van der Waals surface area contributed by atoms with Crippen LogP contribution in [0.1, 0.15) is 51.4 Å². The van der Waals surface area contributed by atoms with Crippen molar-refractivity contribution in [1.29, 1.82) is 0 Å². The Bertz CT molecular complexity index is 491. The summed E-state index contributed by atoms with van der Waals surface area (Å²) in [7, 11) is 0. The van der Waals surface area contributed by atoms with Crippen LogP contribution >= 0.6 is 0 Å². The average molecular weight is 263 g/mol. The van der Waals surface area contributed by atoms with E-state index in [0.29, 0.717) is 18.3 Å². The molecule has 0 fully saturated rings. The summed E-state index contributed by atoms with van der Waals surface area (Å²) in [6.07, 6.45) is 3.75. The fourth-order valence-corrected chi connectivity index (χ4v) is 1.74. The predicted octanol–water partition coefficient (Wildman–Crippen LogP) is 2.13. The molecule has 0 aliphatic rings. The standard InChI is InChI=1S/C13H21N5O/c1-9(2)13-17-16-12(19-13)8-14-10(3)11(4)18-7-5-6-15-18/h5-7,9-11,14H,8H2,1-4H3/t10-,11-/m1/s1. The Morgan fingerprint density at radius 3 is 2.63 bits per heavy atom. The Labute approximate surface area is 113 Å². The van der Waals surface area contributed by atoms with Crippen molar-refractivity contribution in [2.75, 3.05) is 0 Å². The number of hydrogen-bond acceptors (Lipinski definition) is 5. The quantitative estimate of drug-likeness (QED) is 0.864. The molecule has 2 aromatic rings. The van der Waals surface area contributed by atoms with Crippen LogP contribution in [0.4, 0.5) is 0 Å². The molecule has 0 saturated heterocycles. The highest BCUT2D eigenvalue weighted by atomic mass is 16.4. The number of aromatic nitrogens is 4. The van der Waals surface area contributed by atoms with Crippen LogP contribution in [0.15, 0.2) is 22.9 Å². The monoisotopic (exact) mass is 263 g/mol. The predicted molar refractivity (Wildman–Crippen MR) is 71.6 cm³/mol. The first-order chi connectivity index (χ1) is 9.08. The SMILES string of the molecule is CC(C)c1nnc(CN[C@H](C)[C@@H](C)n2cccn2)o1. The Hall–Kier alpha value is -1.69. The molecular weight excluding hydrogens is 242 g/mol. The lowest BCUT2D eigenvalue weighted by molar-refractivity contribution is 0.342. The lowest BCUT2D eigenvalue weighted by atomic mass is 10.2. The molecule has 0 amide bonds. The molecule has 0 aromatic carbocycles. The van der Waals surface area contributed by atoms with Crippen molar-refractivity contribution < 1.29 is 4.42 Å². The number of nitrogens with zero attached hydrogens (tertiary/aromatic N) is 4. The van der Waals surface area contributed by atoms with E-state index >= 15 is 0 Å². The van der Waals surface area contributed by atoms with Crippen molar-refractivity contribution in [2.24, 2.45) is 0 Å². The Morgan fingerprint density at radius 2 is 2.05 bits per heavy atom. The first kappa shape index (κ1) is 13.7. The van der Waals surface area contributed by atoms with Gasteiger partial charge in [-0.25, -0.2) is 0 Å². The molecule has 1 N–H and O–H groups in total. The molecule has 0 saturated carbocycles. The van der Waals surface area contributed by atoms with Gasteiger partial charge < -0.3 is 9.73 Å². The zero-order valence-electron chi connectivity index (χ0n) is 11.9. The van der Waals surface area contributed by atoms with Crippen molar-refractivity contribution in [2.45, 2.75) is 52.2 Å². The van der Waals surface area contributed by atoms with Gasteiger partial charge in [0.1, 0.15) is 0 Å². The highest BCUT2D eigenvalue weighted by molar-refractivity contribution is 4.88. The van der Waals surface area contributed by atoms with E-state index in [1.54, 1.807) is 6.20 Å². The molecule has 6 nitrogen and oxygen atoms in total. The van der Waals surface area contributed by atoms with Crippen LogP contribution < -0.4 is 5.32 Å². The third-order valence-electron chi connectivity index (χ3n) is 3.22. The summed E-state index contributed by atoms with van der Waals surface area (Å²) in [5.41, 5.74) is 0. The third kappa shape index (κ3) is 3.41. The molecule has 0 bridgehead atoms. The van der Waals surface area contributed by atoms with E-state index in [1.165, 1.54) is 0 Å². The van der Waals surface area contributed by atoms with E-state index in [2.05, 4.69) is 34.5 Å². The van der Waals surface area contributed by atoms with Gasteiger partial charge in [-0.05, 0) is 19.9 Å². The molecular formula is C13H21N5O. The molecule has 6 heteroatoms. The second kappa shape index (κ2) is 5.97. The Balaban J connectivity index is 1.87. The maximum Gasteiger partial charge on any atom is 0.230 e. The normalized spacial score (nSPS) is 14.8. The topological polar surface area (TPSA) is 68.8 Å². The molecule has 2 atom stereocenters. The van der Waals surface area contributed by atoms with Gasteiger partial charge in [0.2, 0.25) is 11.8 Å². The fraction of sp³-hybridized carbons (Fsp3) is 0.615. The smallest absolute Gasteiger partial charge is 0.230 e. The lowest BCUT2D eigenvalue weighted by Gasteiger charge is -2.20. The van der Waals surface area contributed by atoms with Crippen LogP contribution in [0, 0.1) is 0 Å². The van der Waals surface area contributed by atoms with E-state index in [9.17, 15) is 0 Å². The van der Waals surface area contributed by atoms with Crippen molar-refractivity contribution in [3.05, 3.63) is 30.2 Å². The first-order valence-electron chi connectivity index (χ1n) is 6.62. The fourth-order valence-electron chi connectivity index (χ4n) is 1.74. The maximum atomic E-state index is 5.56. The van der Waals surface area contributed by atoms with Gasteiger partial charge in [-0.1, -0.05) is 13.8 Å². The molecule has 0 radical (unpaired) electrons. The van der Waals surface area contributed by atoms with Gasteiger partial charge in [0.05, 0.1) is 12.6 Å². The zero-order valence-corrected chi connectivity index (χ0v) is 11.9. The summed E-state index contributed by atoms with van der Waals surface area (Å²) in [5.74, 6) is 1.58. The summed E-state index contributed by atoms with van der Waals surface area (Å²) in [6, 6.07) is 2.45. The van der Waals surface area contributed by atoms with Crippen LogP contribution in [0.3, 0.4) is 0 Å². The summed E-state index contributed by atoms with van der Waals surface area (Å²) >= 11 is 0. The Morgan fingerprint density at radius 1 is 1.26 bits per heavy atom. The van der Waals surface area contributed by atoms with Gasteiger partial charge in [-0.2, -0.15) is 5.10 Å². The maximum absolute atomic E-state index is 5.56. The molecule has 0 aliphatic heterocycles. The number of nitrogens with one attached hydrogen (secondary N) is 1. The van der Waals surface area contributed by atoms with Crippen LogP contribution in [0.25, 0.3) is 0 Å². The summed E-state index contributed by atoms with van der Waals surface area (Å²) < 4.78 is 7.49. The summed E-state index contributed by atoms with van der Waals surface area (Å²) in [4.78, 5) is 0. The molecule has 2 aromatic heterocycles. The number of hydrogen-bond donors (Lipinski definition) is 1. The van der Waals surface area contributed by atoms with Gasteiger partial charge >= 0.3 is 0 Å². The highest BCUT2D eigenvalue weighted by Crippen LogP contribution is 2.13. The zero-order chi connectivity index (χ0) is 13.8. The van der Waals surface area contributed by atoms with Crippen molar-refractivity contribution in [1.82, 2.24) is 25.3 Å². The first-order valence-corrected chi connectivity index (χ1v) is 6.62. The van der Waals surface area contributed by atoms with Crippen LogP contribution in [-0.2, 0) is 6.54 Å². The van der Waals surface area contributed by atoms with E-state index < -0.39 is 0 Å². The second-order valence-corrected chi connectivity index (χ2v) is 5.08. The van der Waals surface area contributed by atoms with Gasteiger partial charge in [-0.15, -0.1) is 10.2 Å². The van der Waals surface area contributed by atoms with E-state index in [1.807, 2.05) is 30.8 Å².